The van der Waals surface area contributed by atoms with Gasteiger partial charge >= 0.3 is 0 Å². The van der Waals surface area contributed by atoms with Gasteiger partial charge in [-0.25, -0.2) is 0 Å². The second-order valence-corrected chi connectivity index (χ2v) is 5.30. The molecule has 0 saturated heterocycles. The standard InChI is InChI=1S/C10H17ClO/c1-10(2,3)7-4-5-9(12)8(11)6-7/h7-8H,4-6H2,1-3H3/t7-,8+/m1/s1. The van der Waals surface area contributed by atoms with E-state index in [4.69, 9.17) is 11.6 Å². The molecule has 0 aromatic carbocycles. The first-order valence-electron chi connectivity index (χ1n) is 4.58. The van der Waals surface area contributed by atoms with E-state index >= 15 is 0 Å². The Morgan fingerprint density at radius 3 is 2.42 bits per heavy atom. The van der Waals surface area contributed by atoms with E-state index in [-0.39, 0.29) is 11.2 Å². The summed E-state index contributed by atoms with van der Waals surface area (Å²) in [5.74, 6) is 0.842. The summed E-state index contributed by atoms with van der Waals surface area (Å²) in [6.45, 7) is 6.66. The first-order valence-corrected chi connectivity index (χ1v) is 5.01. The molecule has 0 radical (unpaired) electrons. The number of carbonyl (C=O) groups excluding carboxylic acids is 1. The number of rotatable bonds is 0. The average Bonchev–Trinajstić information content (AvgIpc) is 1.92. The van der Waals surface area contributed by atoms with Gasteiger partial charge in [0.05, 0.1) is 5.38 Å². The summed E-state index contributed by atoms with van der Waals surface area (Å²) in [5, 5.41) is -0.219. The zero-order valence-electron chi connectivity index (χ0n) is 8.06. The van der Waals surface area contributed by atoms with Crippen molar-refractivity contribution in [3.63, 3.8) is 0 Å². The molecule has 12 heavy (non-hydrogen) atoms. The molecule has 0 spiro atoms. The number of ketones is 1. The van der Waals surface area contributed by atoms with Crippen molar-refractivity contribution < 1.29 is 4.79 Å². The van der Waals surface area contributed by atoms with Crippen LogP contribution in [0.15, 0.2) is 0 Å². The molecular weight excluding hydrogens is 172 g/mol. The minimum Gasteiger partial charge on any atom is -0.298 e. The van der Waals surface area contributed by atoms with E-state index in [9.17, 15) is 4.79 Å². The van der Waals surface area contributed by atoms with E-state index in [1.165, 1.54) is 0 Å². The Kier molecular flexibility index (Phi) is 2.82. The van der Waals surface area contributed by atoms with Crippen LogP contribution in [-0.4, -0.2) is 11.2 Å². The topological polar surface area (TPSA) is 17.1 Å². The molecule has 0 N–H and O–H groups in total. The highest BCUT2D eigenvalue weighted by Gasteiger charge is 2.33. The second-order valence-electron chi connectivity index (χ2n) is 4.77. The van der Waals surface area contributed by atoms with Crippen LogP contribution in [0.4, 0.5) is 0 Å². The lowest BCUT2D eigenvalue weighted by Crippen LogP contribution is -2.32. The molecule has 1 nitrogen and oxygen atoms in total. The lowest BCUT2D eigenvalue weighted by Gasteiger charge is -2.35. The molecule has 2 atom stereocenters. The Hall–Kier alpha value is -0.0400. The third kappa shape index (κ3) is 2.22. The smallest absolute Gasteiger partial charge is 0.150 e. The third-order valence-electron chi connectivity index (χ3n) is 2.80. The molecule has 2 heteroatoms. The van der Waals surface area contributed by atoms with Crippen molar-refractivity contribution in [3.05, 3.63) is 0 Å². The summed E-state index contributed by atoms with van der Waals surface area (Å²) in [6.07, 6.45) is 2.56. The zero-order valence-corrected chi connectivity index (χ0v) is 8.82. The SMILES string of the molecule is CC(C)(C)[C@@H]1CCC(=O)[C@@H](Cl)C1. The molecule has 0 aromatic heterocycles. The maximum atomic E-state index is 11.1. The largest absolute Gasteiger partial charge is 0.298 e. The lowest BCUT2D eigenvalue weighted by molar-refractivity contribution is -0.121. The second kappa shape index (κ2) is 3.37. The molecule has 1 rings (SSSR count). The van der Waals surface area contributed by atoms with Gasteiger partial charge < -0.3 is 0 Å². The Morgan fingerprint density at radius 1 is 1.42 bits per heavy atom. The Bertz CT molecular complexity index is 181. The number of halogens is 1. The Morgan fingerprint density at radius 2 is 2.00 bits per heavy atom. The summed E-state index contributed by atoms with van der Waals surface area (Å²) < 4.78 is 0. The van der Waals surface area contributed by atoms with Gasteiger partial charge in [0, 0.05) is 6.42 Å². The maximum absolute atomic E-state index is 11.1. The average molecular weight is 189 g/mol. The summed E-state index contributed by atoms with van der Waals surface area (Å²) in [5.41, 5.74) is 0.299. The van der Waals surface area contributed by atoms with Crippen LogP contribution in [0.5, 0.6) is 0 Å². The van der Waals surface area contributed by atoms with Crippen molar-refractivity contribution in [2.75, 3.05) is 0 Å². The number of hydrogen-bond acceptors (Lipinski definition) is 1. The molecule has 0 aromatic rings. The molecule has 0 unspecified atom stereocenters. The molecule has 0 bridgehead atoms. The number of hydrogen-bond donors (Lipinski definition) is 0. The summed E-state index contributed by atoms with van der Waals surface area (Å²) in [4.78, 5) is 11.1. The minimum atomic E-state index is -0.219. The van der Waals surface area contributed by atoms with Gasteiger partial charge in [-0.2, -0.15) is 0 Å². The van der Waals surface area contributed by atoms with E-state index in [1.807, 2.05) is 0 Å². The van der Waals surface area contributed by atoms with E-state index < -0.39 is 0 Å². The Balaban J connectivity index is 2.57. The molecule has 0 aliphatic heterocycles. The number of Topliss-reactive ketones (excluding diaryl/α,β-unsaturated/α-hetero) is 1. The van der Waals surface area contributed by atoms with Gasteiger partial charge in [-0.05, 0) is 24.2 Å². The van der Waals surface area contributed by atoms with Gasteiger partial charge in [-0.15, -0.1) is 11.6 Å². The fourth-order valence-electron chi connectivity index (χ4n) is 1.76. The molecule has 1 aliphatic rings. The minimum absolute atomic E-state index is 0.219. The first kappa shape index (κ1) is 10.0. The van der Waals surface area contributed by atoms with Gasteiger partial charge in [-0.3, -0.25) is 4.79 Å². The van der Waals surface area contributed by atoms with Crippen LogP contribution in [0.3, 0.4) is 0 Å². The molecule has 1 fully saturated rings. The molecule has 70 valence electrons. The first-order chi connectivity index (χ1) is 5.41. The van der Waals surface area contributed by atoms with Crippen LogP contribution in [0.25, 0.3) is 0 Å². The highest BCUT2D eigenvalue weighted by molar-refractivity contribution is 6.31. The van der Waals surface area contributed by atoms with Gasteiger partial charge in [0.2, 0.25) is 0 Å². The quantitative estimate of drug-likeness (QED) is 0.535. The fraction of sp³-hybridized carbons (Fsp3) is 0.900. The zero-order chi connectivity index (χ0) is 9.35. The summed E-state index contributed by atoms with van der Waals surface area (Å²) in [6, 6.07) is 0. The van der Waals surface area contributed by atoms with Crippen LogP contribution in [0, 0.1) is 11.3 Å². The highest BCUT2D eigenvalue weighted by Crippen LogP contribution is 2.38. The van der Waals surface area contributed by atoms with Gasteiger partial charge in [0.25, 0.3) is 0 Å². The van der Waals surface area contributed by atoms with E-state index in [0.29, 0.717) is 17.8 Å². The molecule has 0 heterocycles. The maximum Gasteiger partial charge on any atom is 0.150 e. The van der Waals surface area contributed by atoms with E-state index in [1.54, 1.807) is 0 Å². The van der Waals surface area contributed by atoms with Crippen molar-refractivity contribution in [1.82, 2.24) is 0 Å². The van der Waals surface area contributed by atoms with Crippen LogP contribution in [0.2, 0.25) is 0 Å². The monoisotopic (exact) mass is 188 g/mol. The predicted octanol–water partition coefficient (Wildman–Crippen LogP) is 3.01. The van der Waals surface area contributed by atoms with Crippen molar-refractivity contribution in [2.24, 2.45) is 11.3 Å². The Labute approximate surface area is 79.5 Å². The lowest BCUT2D eigenvalue weighted by atomic mass is 9.72. The third-order valence-corrected chi connectivity index (χ3v) is 3.23. The normalized spacial score (nSPS) is 32.2. The highest BCUT2D eigenvalue weighted by atomic mass is 35.5. The molecular formula is C10H17ClO. The molecule has 0 amide bonds. The van der Waals surface area contributed by atoms with Gasteiger partial charge in [-0.1, -0.05) is 20.8 Å². The van der Waals surface area contributed by atoms with Crippen molar-refractivity contribution in [3.8, 4) is 0 Å². The van der Waals surface area contributed by atoms with Gasteiger partial charge in [0.15, 0.2) is 5.78 Å². The molecule has 1 saturated carbocycles. The van der Waals surface area contributed by atoms with Crippen LogP contribution < -0.4 is 0 Å². The van der Waals surface area contributed by atoms with Crippen molar-refractivity contribution in [2.45, 2.75) is 45.4 Å². The van der Waals surface area contributed by atoms with Gasteiger partial charge in [0.1, 0.15) is 0 Å². The van der Waals surface area contributed by atoms with E-state index in [2.05, 4.69) is 20.8 Å². The van der Waals surface area contributed by atoms with Crippen molar-refractivity contribution >= 4 is 17.4 Å². The predicted molar refractivity (Wildman–Crippen MR) is 51.4 cm³/mol. The van der Waals surface area contributed by atoms with Crippen LogP contribution in [-0.2, 0) is 4.79 Å². The molecule has 1 aliphatic carbocycles. The van der Waals surface area contributed by atoms with Crippen molar-refractivity contribution in [1.29, 1.82) is 0 Å². The number of carbonyl (C=O) groups is 1. The van der Waals surface area contributed by atoms with Crippen LogP contribution in [0.1, 0.15) is 40.0 Å². The summed E-state index contributed by atoms with van der Waals surface area (Å²) in [7, 11) is 0. The summed E-state index contributed by atoms with van der Waals surface area (Å²) >= 11 is 5.92. The van der Waals surface area contributed by atoms with Crippen LogP contribution >= 0.6 is 11.6 Å². The fourth-order valence-corrected chi connectivity index (χ4v) is 2.08. The number of alkyl halides is 1. The van der Waals surface area contributed by atoms with E-state index in [0.717, 1.165) is 12.8 Å².